The highest BCUT2D eigenvalue weighted by atomic mass is 16.5. The van der Waals surface area contributed by atoms with Crippen molar-refractivity contribution < 1.29 is 33.7 Å². The Bertz CT molecular complexity index is 1670. The van der Waals surface area contributed by atoms with Gasteiger partial charge in [-0.15, -0.1) is 0 Å². The number of nitrogens with one attached hydrogen (secondary N) is 1. The average Bonchev–Trinajstić information content (AvgIpc) is 3.61. The lowest BCUT2D eigenvalue weighted by molar-refractivity contribution is -0.137. The molecule has 5 rings (SSSR count). The summed E-state index contributed by atoms with van der Waals surface area (Å²) >= 11 is 0. The van der Waals surface area contributed by atoms with Crippen LogP contribution in [0.2, 0.25) is 0 Å². The first-order chi connectivity index (χ1) is 25.4. The number of carbonyl (C=O) groups is 3. The van der Waals surface area contributed by atoms with Crippen molar-refractivity contribution in [1.82, 2.24) is 10.2 Å². The molecule has 0 saturated heterocycles. The Hall–Kier alpha value is -4.15. The zero-order chi connectivity index (χ0) is 36.8. The molecule has 9 heteroatoms. The number of aryl methyl sites for hydroxylation is 2. The van der Waals surface area contributed by atoms with Gasteiger partial charge in [0, 0.05) is 57.4 Å². The molecule has 1 heterocycles. The number of aliphatic hydroxyl groups excluding tert-OH is 1. The number of unbranched alkanes of at least 4 members (excludes halogenated alkanes) is 1. The molecule has 0 bridgehead atoms. The molecule has 1 aliphatic heterocycles. The van der Waals surface area contributed by atoms with Crippen molar-refractivity contribution in [2.24, 2.45) is 0 Å². The molecular formula is C43H54N2O7. The van der Waals surface area contributed by atoms with Gasteiger partial charge < -0.3 is 24.6 Å². The van der Waals surface area contributed by atoms with Crippen LogP contribution in [0.25, 0.3) is 22.3 Å². The number of rotatable bonds is 23. The van der Waals surface area contributed by atoms with Crippen molar-refractivity contribution in [2.45, 2.75) is 70.1 Å². The summed E-state index contributed by atoms with van der Waals surface area (Å²) in [5.74, 6) is -0.514. The van der Waals surface area contributed by atoms with E-state index >= 15 is 0 Å². The zero-order valence-corrected chi connectivity index (χ0v) is 30.8. The van der Waals surface area contributed by atoms with Gasteiger partial charge in [0.1, 0.15) is 0 Å². The van der Waals surface area contributed by atoms with Crippen molar-refractivity contribution in [3.8, 4) is 22.3 Å². The van der Waals surface area contributed by atoms with Crippen LogP contribution in [0.5, 0.6) is 0 Å². The van der Waals surface area contributed by atoms with Crippen LogP contribution in [0.1, 0.15) is 73.6 Å². The van der Waals surface area contributed by atoms with E-state index in [1.165, 1.54) is 56.0 Å². The van der Waals surface area contributed by atoms with E-state index in [2.05, 4.69) is 72.9 Å². The van der Waals surface area contributed by atoms with Crippen molar-refractivity contribution in [2.75, 3.05) is 59.8 Å². The molecule has 2 aliphatic rings. The molecule has 0 aromatic heterocycles. The number of carbonyl (C=O) groups excluding carboxylic acids is 3. The predicted octanol–water partition coefficient (Wildman–Crippen LogP) is 6.30. The first-order valence-electron chi connectivity index (χ1n) is 18.8. The number of benzene rings is 3. The summed E-state index contributed by atoms with van der Waals surface area (Å²) in [4.78, 5) is 36.9. The minimum absolute atomic E-state index is 0.0194. The molecule has 2 N–H and O–H groups in total. The highest BCUT2D eigenvalue weighted by Crippen LogP contribution is 2.54. The molecule has 3 aromatic rings. The fourth-order valence-corrected chi connectivity index (χ4v) is 7.49. The second-order valence-corrected chi connectivity index (χ2v) is 13.8. The highest BCUT2D eigenvalue weighted by Gasteiger charge is 2.42. The van der Waals surface area contributed by atoms with Crippen LogP contribution >= 0.6 is 0 Å². The molecule has 3 aromatic carbocycles. The summed E-state index contributed by atoms with van der Waals surface area (Å²) in [6.07, 6.45) is 9.67. The van der Waals surface area contributed by atoms with Crippen molar-refractivity contribution >= 4 is 17.7 Å². The third-order valence-electron chi connectivity index (χ3n) is 10.2. The average molecular weight is 711 g/mol. The molecular weight excluding hydrogens is 656 g/mol. The van der Waals surface area contributed by atoms with Gasteiger partial charge in [-0.05, 0) is 103 Å². The number of nitrogens with zero attached hydrogens (tertiary/aromatic N) is 1. The van der Waals surface area contributed by atoms with Gasteiger partial charge >= 0.3 is 0 Å². The summed E-state index contributed by atoms with van der Waals surface area (Å²) < 4.78 is 16.8. The van der Waals surface area contributed by atoms with E-state index in [0.717, 1.165) is 44.1 Å². The molecule has 9 nitrogen and oxygen atoms in total. The Morgan fingerprint density at radius 1 is 0.750 bits per heavy atom. The Balaban J connectivity index is 1.21. The summed E-state index contributed by atoms with van der Waals surface area (Å²) in [6.45, 7) is 5.91. The molecule has 1 unspecified atom stereocenters. The van der Waals surface area contributed by atoms with Crippen LogP contribution in [0.3, 0.4) is 0 Å². The lowest BCUT2D eigenvalue weighted by atomic mass is 9.71. The van der Waals surface area contributed by atoms with Gasteiger partial charge in [0.2, 0.25) is 5.91 Å². The summed E-state index contributed by atoms with van der Waals surface area (Å²) in [5, 5.41) is 12.2. The van der Waals surface area contributed by atoms with E-state index in [9.17, 15) is 19.5 Å². The second kappa shape index (κ2) is 19.6. The van der Waals surface area contributed by atoms with Gasteiger partial charge in [-0.2, -0.15) is 0 Å². The Morgan fingerprint density at radius 3 is 2.10 bits per heavy atom. The number of imide groups is 1. The number of fused-ring (bicyclic) bond motifs is 3. The Kier molecular flexibility index (Phi) is 14.7. The van der Waals surface area contributed by atoms with Gasteiger partial charge in [-0.1, -0.05) is 60.2 Å². The van der Waals surface area contributed by atoms with Gasteiger partial charge in [-0.3, -0.25) is 19.3 Å². The molecule has 52 heavy (non-hydrogen) atoms. The molecule has 0 spiro atoms. The minimum Gasteiger partial charge on any atom is -0.394 e. The lowest BCUT2D eigenvalue weighted by Gasteiger charge is -2.33. The number of hydrogen-bond donors (Lipinski definition) is 2. The van der Waals surface area contributed by atoms with E-state index in [1.54, 1.807) is 7.11 Å². The standard InChI is InChI=1S/C43H54N2O7/c1-32-10-16-36-37-17-15-35(31-39(37)43(38(36)30-32,20-6-25-51-27-24-46)21-7-26-52-29-28-50-2)34-13-11-33(12-14-34)8-5-9-40(47)44-22-3-4-23-45-41(48)18-19-42(45)49/h10-19,30-31,46H,3-9,20-29H2,1-2H3,(H,44,47). The predicted molar refractivity (Wildman–Crippen MR) is 203 cm³/mol. The van der Waals surface area contributed by atoms with E-state index in [1.807, 2.05) is 0 Å². The van der Waals surface area contributed by atoms with E-state index in [0.29, 0.717) is 65.4 Å². The maximum atomic E-state index is 12.4. The van der Waals surface area contributed by atoms with E-state index < -0.39 is 0 Å². The topological polar surface area (TPSA) is 114 Å². The van der Waals surface area contributed by atoms with Crippen LogP contribution < -0.4 is 5.32 Å². The van der Waals surface area contributed by atoms with Crippen LogP contribution in [-0.4, -0.2) is 87.6 Å². The van der Waals surface area contributed by atoms with Crippen molar-refractivity contribution in [1.29, 1.82) is 0 Å². The van der Waals surface area contributed by atoms with Crippen LogP contribution in [0, 0.1) is 6.92 Å². The number of amides is 3. The third kappa shape index (κ3) is 10.0. The van der Waals surface area contributed by atoms with Crippen molar-refractivity contribution in [3.63, 3.8) is 0 Å². The minimum atomic E-state index is -0.267. The van der Waals surface area contributed by atoms with E-state index in [4.69, 9.17) is 14.2 Å². The summed E-state index contributed by atoms with van der Waals surface area (Å²) in [7, 11) is 1.69. The Labute approximate surface area is 308 Å². The number of hydrogen-bond acceptors (Lipinski definition) is 7. The van der Waals surface area contributed by atoms with Crippen LogP contribution in [0.4, 0.5) is 0 Å². The number of aliphatic hydroxyl groups is 1. The van der Waals surface area contributed by atoms with Gasteiger partial charge in [0.05, 0.1) is 26.4 Å². The molecule has 3 amide bonds. The zero-order valence-electron chi connectivity index (χ0n) is 30.8. The maximum Gasteiger partial charge on any atom is 0.253 e. The van der Waals surface area contributed by atoms with E-state index in [-0.39, 0.29) is 29.7 Å². The van der Waals surface area contributed by atoms with Gasteiger partial charge in [0.25, 0.3) is 11.8 Å². The smallest absolute Gasteiger partial charge is 0.253 e. The largest absolute Gasteiger partial charge is 0.394 e. The first kappa shape index (κ1) is 39.1. The first-order valence-corrected chi connectivity index (χ1v) is 18.8. The second-order valence-electron chi connectivity index (χ2n) is 13.8. The summed E-state index contributed by atoms with van der Waals surface area (Å²) in [5.41, 5.74) is 9.94. The van der Waals surface area contributed by atoms with Gasteiger partial charge in [0.15, 0.2) is 0 Å². The molecule has 278 valence electrons. The van der Waals surface area contributed by atoms with Crippen LogP contribution in [0.15, 0.2) is 72.8 Å². The maximum absolute atomic E-state index is 12.4. The fraction of sp³-hybridized carbons (Fsp3) is 0.465. The molecule has 0 fully saturated rings. The molecule has 1 atom stereocenters. The highest BCUT2D eigenvalue weighted by molar-refractivity contribution is 6.12. The molecule has 1 aliphatic carbocycles. The fourth-order valence-electron chi connectivity index (χ4n) is 7.49. The number of ether oxygens (including phenoxy) is 3. The SMILES string of the molecule is COCCOCCCC1(CCCOCCO)c2cc(C)ccc2-c2ccc(-c3ccc(CCCC(=O)NCCCCN4C(=O)C=CC4=O)cc3)cc21. The van der Waals surface area contributed by atoms with Gasteiger partial charge in [-0.25, -0.2) is 0 Å². The monoisotopic (exact) mass is 710 g/mol. The Morgan fingerprint density at radius 2 is 1.40 bits per heavy atom. The number of methoxy groups -OCH3 is 1. The lowest BCUT2D eigenvalue weighted by Crippen LogP contribution is -2.31. The molecule has 0 radical (unpaired) electrons. The quantitative estimate of drug-likeness (QED) is 0.0877. The molecule has 0 saturated carbocycles. The normalized spacial score (nSPS) is 16.1. The van der Waals surface area contributed by atoms with Crippen LogP contribution in [-0.2, 0) is 40.4 Å². The summed E-state index contributed by atoms with van der Waals surface area (Å²) in [6, 6.07) is 22.4. The third-order valence-corrected chi connectivity index (χ3v) is 10.2. The van der Waals surface area contributed by atoms with Crippen molar-refractivity contribution in [3.05, 3.63) is 95.1 Å².